The maximum atomic E-state index is 12.5. The number of carbonyl (C=O) groups excluding carboxylic acids is 1. The third-order valence-electron chi connectivity index (χ3n) is 3.56. The number of pyridine rings is 1. The third kappa shape index (κ3) is 2.95. The summed E-state index contributed by atoms with van der Waals surface area (Å²) in [4.78, 5) is 16.9. The van der Waals surface area contributed by atoms with Gasteiger partial charge in [-0.25, -0.2) is 4.98 Å². The molecule has 3 rings (SSSR count). The monoisotopic (exact) mass is 315 g/mol. The van der Waals surface area contributed by atoms with Gasteiger partial charge in [0.25, 0.3) is 11.6 Å². The molecule has 7 heteroatoms. The predicted molar refractivity (Wildman–Crippen MR) is 82.8 cm³/mol. The number of hydrogen-bond donors (Lipinski definition) is 2. The molecule has 1 unspecified atom stereocenters. The van der Waals surface area contributed by atoms with Crippen LogP contribution in [0.3, 0.4) is 0 Å². The van der Waals surface area contributed by atoms with E-state index in [-0.39, 0.29) is 24.1 Å². The van der Waals surface area contributed by atoms with Crippen molar-refractivity contribution in [2.45, 2.75) is 13.8 Å². The first-order valence-electron chi connectivity index (χ1n) is 7.30. The number of aliphatic hydroxyl groups excluding tert-OH is 1. The van der Waals surface area contributed by atoms with E-state index in [2.05, 4.69) is 15.5 Å². The van der Waals surface area contributed by atoms with Gasteiger partial charge < -0.3 is 19.4 Å². The molecule has 1 amide bonds. The number of nitrogens with zero attached hydrogens (tertiary/aromatic N) is 2. The van der Waals surface area contributed by atoms with E-state index in [1.165, 1.54) is 6.26 Å². The maximum Gasteiger partial charge on any atom is 0.259 e. The SMILES string of the molecule is Cc1noc2nc(-c3ccco3)cc(C(=O)NCC(C)CO)c12. The van der Waals surface area contributed by atoms with Crippen molar-refractivity contribution in [1.82, 2.24) is 15.5 Å². The summed E-state index contributed by atoms with van der Waals surface area (Å²) in [7, 11) is 0. The summed E-state index contributed by atoms with van der Waals surface area (Å²) < 4.78 is 10.5. The topological polar surface area (TPSA) is 101 Å². The van der Waals surface area contributed by atoms with Gasteiger partial charge in [-0.1, -0.05) is 12.1 Å². The smallest absolute Gasteiger partial charge is 0.259 e. The lowest BCUT2D eigenvalue weighted by molar-refractivity contribution is 0.0944. The maximum absolute atomic E-state index is 12.5. The molecule has 23 heavy (non-hydrogen) atoms. The average Bonchev–Trinajstić information content (AvgIpc) is 3.21. The summed E-state index contributed by atoms with van der Waals surface area (Å²) in [5.41, 5.74) is 1.81. The summed E-state index contributed by atoms with van der Waals surface area (Å²) in [6.45, 7) is 3.99. The minimum Gasteiger partial charge on any atom is -0.463 e. The molecule has 2 N–H and O–H groups in total. The number of fused-ring (bicyclic) bond motifs is 1. The van der Waals surface area contributed by atoms with Crippen LogP contribution in [0.1, 0.15) is 23.0 Å². The van der Waals surface area contributed by atoms with E-state index in [9.17, 15) is 4.79 Å². The van der Waals surface area contributed by atoms with Crippen molar-refractivity contribution in [3.8, 4) is 11.5 Å². The van der Waals surface area contributed by atoms with Crippen molar-refractivity contribution in [3.63, 3.8) is 0 Å². The van der Waals surface area contributed by atoms with Crippen molar-refractivity contribution in [1.29, 1.82) is 0 Å². The standard InChI is InChI=1S/C16H17N3O4/c1-9(8-20)7-17-15(21)11-6-12(13-4-3-5-22-13)18-16-14(11)10(2)19-23-16/h3-6,9,20H,7-8H2,1-2H3,(H,17,21). The van der Waals surface area contributed by atoms with Gasteiger partial charge in [0.2, 0.25) is 0 Å². The molecule has 0 bridgehead atoms. The minimum atomic E-state index is -0.267. The fraction of sp³-hybridized carbons (Fsp3) is 0.312. The van der Waals surface area contributed by atoms with Crippen LogP contribution in [-0.4, -0.2) is 34.3 Å². The van der Waals surface area contributed by atoms with Gasteiger partial charge in [0, 0.05) is 13.2 Å². The number of aliphatic hydroxyl groups is 1. The molecule has 3 heterocycles. The average molecular weight is 315 g/mol. The van der Waals surface area contributed by atoms with E-state index in [0.29, 0.717) is 34.6 Å². The highest BCUT2D eigenvalue weighted by Gasteiger charge is 2.20. The molecule has 0 spiro atoms. The van der Waals surface area contributed by atoms with Crippen LogP contribution in [0.2, 0.25) is 0 Å². The predicted octanol–water partition coefficient (Wildman–Crippen LogP) is 2.15. The molecule has 0 aliphatic carbocycles. The normalized spacial score (nSPS) is 12.5. The zero-order valence-corrected chi connectivity index (χ0v) is 12.9. The minimum absolute atomic E-state index is 0.00990. The van der Waals surface area contributed by atoms with Gasteiger partial charge in [-0.05, 0) is 31.0 Å². The van der Waals surface area contributed by atoms with Gasteiger partial charge in [0.05, 0.1) is 22.9 Å². The Morgan fingerprint density at radius 1 is 1.48 bits per heavy atom. The van der Waals surface area contributed by atoms with E-state index < -0.39 is 0 Å². The molecular weight excluding hydrogens is 298 g/mol. The molecule has 0 fully saturated rings. The van der Waals surface area contributed by atoms with Gasteiger partial charge in [-0.3, -0.25) is 4.79 Å². The second-order valence-corrected chi connectivity index (χ2v) is 5.48. The van der Waals surface area contributed by atoms with Crippen LogP contribution in [0.5, 0.6) is 0 Å². The molecule has 0 saturated carbocycles. The second-order valence-electron chi connectivity index (χ2n) is 5.48. The molecule has 7 nitrogen and oxygen atoms in total. The third-order valence-corrected chi connectivity index (χ3v) is 3.56. The zero-order chi connectivity index (χ0) is 16.4. The number of hydrogen-bond acceptors (Lipinski definition) is 6. The molecule has 0 aliphatic rings. The van der Waals surface area contributed by atoms with E-state index >= 15 is 0 Å². The zero-order valence-electron chi connectivity index (χ0n) is 12.9. The number of aryl methyl sites for hydroxylation is 1. The van der Waals surface area contributed by atoms with Crippen molar-refractivity contribution < 1.29 is 18.8 Å². The van der Waals surface area contributed by atoms with Crippen LogP contribution >= 0.6 is 0 Å². The number of rotatable bonds is 5. The summed E-state index contributed by atoms with van der Waals surface area (Å²) >= 11 is 0. The number of aromatic nitrogens is 2. The fourth-order valence-electron chi connectivity index (χ4n) is 2.25. The van der Waals surface area contributed by atoms with Gasteiger partial charge in [-0.15, -0.1) is 0 Å². The summed E-state index contributed by atoms with van der Waals surface area (Å²) in [6.07, 6.45) is 1.54. The molecule has 0 aliphatic heterocycles. The largest absolute Gasteiger partial charge is 0.463 e. The second kappa shape index (κ2) is 6.21. The Kier molecular flexibility index (Phi) is 4.12. The van der Waals surface area contributed by atoms with Crippen LogP contribution < -0.4 is 5.32 Å². The van der Waals surface area contributed by atoms with Crippen molar-refractivity contribution in [3.05, 3.63) is 35.7 Å². The molecule has 0 aromatic carbocycles. The Hall–Kier alpha value is -2.67. The first kappa shape index (κ1) is 15.2. The van der Waals surface area contributed by atoms with Crippen LogP contribution in [0.4, 0.5) is 0 Å². The Morgan fingerprint density at radius 3 is 3.00 bits per heavy atom. The fourth-order valence-corrected chi connectivity index (χ4v) is 2.25. The van der Waals surface area contributed by atoms with E-state index in [0.717, 1.165) is 0 Å². The molecule has 120 valence electrons. The summed E-state index contributed by atoms with van der Waals surface area (Å²) in [6, 6.07) is 5.16. The Labute approximate surface area is 132 Å². The molecule has 3 aromatic rings. The van der Waals surface area contributed by atoms with Crippen molar-refractivity contribution in [2.24, 2.45) is 5.92 Å². The lowest BCUT2D eigenvalue weighted by Gasteiger charge is -2.10. The molecule has 3 aromatic heterocycles. The van der Waals surface area contributed by atoms with Crippen LogP contribution in [0.15, 0.2) is 33.4 Å². The highest BCUT2D eigenvalue weighted by molar-refractivity contribution is 6.06. The molecule has 0 saturated heterocycles. The van der Waals surface area contributed by atoms with E-state index in [1.807, 2.05) is 6.92 Å². The highest BCUT2D eigenvalue weighted by Crippen LogP contribution is 2.27. The number of nitrogens with one attached hydrogen (secondary N) is 1. The van der Waals surface area contributed by atoms with E-state index in [1.54, 1.807) is 25.1 Å². The highest BCUT2D eigenvalue weighted by atomic mass is 16.5. The quantitative estimate of drug-likeness (QED) is 0.748. The van der Waals surface area contributed by atoms with Gasteiger partial charge in [0.15, 0.2) is 5.76 Å². The number of amides is 1. The Bertz CT molecular complexity index is 823. The Morgan fingerprint density at radius 2 is 2.30 bits per heavy atom. The molecular formula is C16H17N3O4. The number of furan rings is 1. The van der Waals surface area contributed by atoms with Crippen LogP contribution in [0, 0.1) is 12.8 Å². The molecule has 1 atom stereocenters. The van der Waals surface area contributed by atoms with Gasteiger partial charge in [0.1, 0.15) is 5.69 Å². The van der Waals surface area contributed by atoms with Gasteiger partial charge >= 0.3 is 0 Å². The van der Waals surface area contributed by atoms with Crippen molar-refractivity contribution in [2.75, 3.05) is 13.2 Å². The van der Waals surface area contributed by atoms with Gasteiger partial charge in [-0.2, -0.15) is 0 Å². The van der Waals surface area contributed by atoms with Crippen LogP contribution in [0.25, 0.3) is 22.6 Å². The lowest BCUT2D eigenvalue weighted by atomic mass is 10.1. The van der Waals surface area contributed by atoms with Crippen molar-refractivity contribution >= 4 is 17.0 Å². The Balaban J connectivity index is 2.03. The molecule has 0 radical (unpaired) electrons. The first-order valence-corrected chi connectivity index (χ1v) is 7.30. The summed E-state index contributed by atoms with van der Waals surface area (Å²) in [5, 5.41) is 16.3. The van der Waals surface area contributed by atoms with E-state index in [4.69, 9.17) is 14.0 Å². The summed E-state index contributed by atoms with van der Waals surface area (Å²) in [5.74, 6) is 0.250. The number of carbonyl (C=O) groups is 1. The van der Waals surface area contributed by atoms with Crippen LogP contribution in [-0.2, 0) is 0 Å². The first-order chi connectivity index (χ1) is 11.1. The lowest BCUT2D eigenvalue weighted by Crippen LogP contribution is -2.29.